The molecule has 0 aromatic rings. The molecule has 0 saturated heterocycles. The van der Waals surface area contributed by atoms with Crippen molar-refractivity contribution in [2.75, 3.05) is 112 Å². The summed E-state index contributed by atoms with van der Waals surface area (Å²) in [5.41, 5.74) is 14.9. The van der Waals surface area contributed by atoms with Gasteiger partial charge in [-0.05, 0) is 26.1 Å². The Balaban J connectivity index is -0.000000132. The van der Waals surface area contributed by atoms with E-state index in [2.05, 4.69) is 29.1 Å². The van der Waals surface area contributed by atoms with E-state index >= 15 is 0 Å². The van der Waals surface area contributed by atoms with Crippen LogP contribution in [0.4, 0.5) is 0 Å². The summed E-state index contributed by atoms with van der Waals surface area (Å²) in [4.78, 5) is 0. The largest absolute Gasteiger partial charge is 4.00 e. The van der Waals surface area contributed by atoms with Crippen LogP contribution in [0.25, 0.3) is 0 Å². The average molecular weight is 614 g/mol. The summed E-state index contributed by atoms with van der Waals surface area (Å²) in [5.74, 6) is 0. The van der Waals surface area contributed by atoms with Crippen LogP contribution in [-0.4, -0.2) is 112 Å². The first-order valence-electron chi connectivity index (χ1n) is 12.4. The Bertz CT molecular complexity index is 349. The van der Waals surface area contributed by atoms with Crippen molar-refractivity contribution in [2.24, 2.45) is 22.6 Å². The van der Waals surface area contributed by atoms with E-state index in [1.54, 1.807) is 12.2 Å². The van der Waals surface area contributed by atoms with E-state index in [0.717, 1.165) is 26.1 Å². The quantitative estimate of drug-likeness (QED) is 0.0498. The zero-order chi connectivity index (χ0) is 28.2. The third-order valence-corrected chi connectivity index (χ3v) is 4.14. The van der Waals surface area contributed by atoms with E-state index in [4.69, 9.17) is 26.7 Å². The third-order valence-electron chi connectivity index (χ3n) is 4.14. The molecule has 0 spiro atoms. The van der Waals surface area contributed by atoms with Gasteiger partial charge in [0.25, 0.3) is 0 Å². The summed E-state index contributed by atoms with van der Waals surface area (Å²) in [5, 5.41) is 48.8. The van der Waals surface area contributed by atoms with E-state index in [1.807, 2.05) is 6.92 Å². The van der Waals surface area contributed by atoms with Crippen molar-refractivity contribution in [1.29, 1.82) is 0 Å². The van der Waals surface area contributed by atoms with Crippen molar-refractivity contribution in [3.8, 4) is 0 Å². The maximum Gasteiger partial charge on any atom is 4.00 e. The summed E-state index contributed by atoms with van der Waals surface area (Å²) in [6, 6.07) is 0. The predicted molar refractivity (Wildman–Crippen MR) is 140 cm³/mol. The molecular weight excluding hydrogens is 560 g/mol. The average Bonchev–Trinajstić information content (AvgIpc) is 2.90. The molecule has 0 rings (SSSR count). The Morgan fingerprint density at radius 3 is 1.19 bits per heavy atom. The monoisotopic (exact) mass is 612 g/mol. The number of ether oxygens (including phenoxy) is 2. The second-order valence-corrected chi connectivity index (χ2v) is 7.33. The third kappa shape index (κ3) is 46.1. The fourth-order valence-electron chi connectivity index (χ4n) is 2.05. The second kappa shape index (κ2) is 45.8. The van der Waals surface area contributed by atoms with Crippen molar-refractivity contribution in [2.45, 2.75) is 13.3 Å². The van der Waals surface area contributed by atoms with Crippen LogP contribution >= 0.6 is 0 Å². The Morgan fingerprint density at radius 2 is 1.00 bits per heavy atom. The molecule has 0 atom stereocenters. The van der Waals surface area contributed by atoms with Crippen molar-refractivity contribution < 1.29 is 56.1 Å². The molecule has 0 aliphatic carbocycles. The van der Waals surface area contributed by atoms with E-state index in [-0.39, 0.29) is 52.6 Å². The zero-order valence-electron chi connectivity index (χ0n) is 23.0. The molecule has 37 heavy (non-hydrogen) atoms. The Hall–Kier alpha value is -0.117. The van der Waals surface area contributed by atoms with Gasteiger partial charge < -0.3 is 63.1 Å². The first-order valence-corrected chi connectivity index (χ1v) is 12.4. The normalized spacial score (nSPS) is 9.95. The molecule has 13 heteroatoms. The molecule has 0 bridgehead atoms. The summed E-state index contributed by atoms with van der Waals surface area (Å²) in [7, 11) is 0. The molecule has 12 nitrogen and oxygen atoms in total. The van der Waals surface area contributed by atoms with Crippen LogP contribution < -0.4 is 53.6 Å². The van der Waals surface area contributed by atoms with Crippen molar-refractivity contribution in [3.63, 3.8) is 0 Å². The number of hydrogen-bond donors (Lipinski definition) is 6. The van der Waals surface area contributed by atoms with Crippen LogP contribution in [-0.2, 0) is 35.7 Å². The van der Waals surface area contributed by atoms with E-state index in [9.17, 15) is 20.4 Å². The van der Waals surface area contributed by atoms with Gasteiger partial charge in [-0.3, -0.25) is 0 Å². The van der Waals surface area contributed by atoms with Crippen LogP contribution in [0, 0.1) is 5.41 Å². The minimum atomic E-state index is -0.411. The maximum absolute atomic E-state index is 11.2. The number of rotatable bonds is 22. The van der Waals surface area contributed by atoms with Gasteiger partial charge in [-0.2, -0.15) is 0 Å². The fourth-order valence-corrected chi connectivity index (χ4v) is 2.05. The number of nitrogens with one attached hydrogen (secondary N) is 3. The number of hydrogen-bond acceptors (Lipinski definition) is 12. The Morgan fingerprint density at radius 1 is 0.676 bits per heavy atom. The van der Waals surface area contributed by atoms with E-state index < -0.39 is 5.41 Å². The van der Waals surface area contributed by atoms with Gasteiger partial charge in [0.05, 0.1) is 26.4 Å². The van der Waals surface area contributed by atoms with E-state index in [1.165, 1.54) is 0 Å². The minimum absolute atomic E-state index is 0. The zero-order valence-corrected chi connectivity index (χ0v) is 25.4. The molecule has 0 unspecified atom stereocenters. The summed E-state index contributed by atoms with van der Waals surface area (Å²) >= 11 is 0. The maximum atomic E-state index is 11.2. The summed E-state index contributed by atoms with van der Waals surface area (Å²) in [6.07, 6.45) is 4.11. The second-order valence-electron chi connectivity index (χ2n) is 7.33. The van der Waals surface area contributed by atoms with Gasteiger partial charge in [-0.1, -0.05) is 19.1 Å². The summed E-state index contributed by atoms with van der Waals surface area (Å²) in [6.45, 7) is 16.3. The number of nitrogens with two attached hydrogens (primary N) is 3. The van der Waals surface area contributed by atoms with Crippen LogP contribution in [0.2, 0.25) is 0 Å². The van der Waals surface area contributed by atoms with Gasteiger partial charge in [0.1, 0.15) is 0 Å². The van der Waals surface area contributed by atoms with Gasteiger partial charge >= 0.3 is 26.2 Å². The molecule has 0 radical (unpaired) electrons. The fraction of sp³-hybridized carbons (Fsp3) is 0.833. The molecule has 0 amide bonds. The molecule has 0 aromatic carbocycles. The first-order chi connectivity index (χ1) is 17.5. The van der Waals surface area contributed by atoms with Gasteiger partial charge in [0.2, 0.25) is 0 Å². The predicted octanol–water partition coefficient (Wildman–Crippen LogP) is -5.17. The van der Waals surface area contributed by atoms with Gasteiger partial charge in [-0.15, -0.1) is 39.6 Å². The molecule has 0 saturated carbocycles. The van der Waals surface area contributed by atoms with Crippen LogP contribution in [0.5, 0.6) is 0 Å². The molecule has 0 fully saturated rings. The summed E-state index contributed by atoms with van der Waals surface area (Å²) < 4.78 is 10.7. The molecule has 0 heterocycles. The topological polar surface area (TPSA) is 225 Å². The van der Waals surface area contributed by atoms with Crippen molar-refractivity contribution in [1.82, 2.24) is 16.0 Å². The minimum Gasteiger partial charge on any atom is -0.854 e. The molecule has 9 N–H and O–H groups in total. The van der Waals surface area contributed by atoms with Crippen molar-refractivity contribution >= 4 is 0 Å². The Kier molecular flexibility index (Phi) is 57.8. The SMILES string of the molecule is C=CCOCC(CC)(C[O-])COCC=C.NCCNCC[O-].NCCNCC[O-].NCCNCC[O-].[Zr+4]. The first kappa shape index (κ1) is 46.7. The molecule has 0 aliphatic heterocycles. The van der Waals surface area contributed by atoms with Gasteiger partial charge in [0.15, 0.2) is 0 Å². The smallest absolute Gasteiger partial charge is 0.854 e. The van der Waals surface area contributed by atoms with Crippen molar-refractivity contribution in [3.05, 3.63) is 25.3 Å². The molecular formula is C24H54N6O6Zr. The van der Waals surface area contributed by atoms with Crippen LogP contribution in [0.3, 0.4) is 0 Å². The molecule has 220 valence electrons. The van der Waals surface area contributed by atoms with E-state index in [0.29, 0.717) is 65.7 Å². The Labute approximate surface area is 244 Å². The molecule has 0 aromatic heterocycles. The standard InChI is InChI=1S/C12H21O3.3C4H11N2O.Zr/c1-4-7-14-10-12(6-3,9-13)11-15-8-5-2;3*5-1-2-6-3-4-7;/h4-5H,1-2,6-11H2,3H3;3*6H,1-5H2;/q4*-1;+4. The van der Waals surface area contributed by atoms with Crippen LogP contribution in [0.15, 0.2) is 25.3 Å². The molecule has 0 aliphatic rings. The van der Waals surface area contributed by atoms with Gasteiger partial charge in [0, 0.05) is 44.7 Å². The van der Waals surface area contributed by atoms with Crippen LogP contribution in [0.1, 0.15) is 13.3 Å². The van der Waals surface area contributed by atoms with Gasteiger partial charge in [-0.25, -0.2) is 0 Å².